The lowest BCUT2D eigenvalue weighted by atomic mass is 10.0. The van der Waals surface area contributed by atoms with Gasteiger partial charge in [-0.3, -0.25) is 9.97 Å². The number of hydrogen-bond donors (Lipinski definition) is 0. The Morgan fingerprint density at radius 3 is 1.74 bits per heavy atom. The fourth-order valence-corrected chi connectivity index (χ4v) is 4.57. The van der Waals surface area contributed by atoms with E-state index < -0.39 is 0 Å². The summed E-state index contributed by atoms with van der Waals surface area (Å²) in [5.74, 6) is 0. The Morgan fingerprint density at radius 2 is 1.10 bits per heavy atom. The van der Waals surface area contributed by atoms with Crippen LogP contribution in [0, 0.1) is 0 Å². The first kappa shape index (κ1) is 22.6. The number of rotatable bonds is 5. The Morgan fingerprint density at radius 1 is 0.487 bits per heavy atom. The molecule has 5 aromatic heterocycles. The standard InChI is InChI=1S/C32H21N7/c1-2-10-25(11-3-1)39-37-31-19-24(29-14-4-12-27(35-29)22-8-6-16-33-20-22)18-26(32(31)38-39)30-15-5-13-28(36-30)23-9-7-17-34-21-23/h1-21H. The third-order valence-corrected chi connectivity index (χ3v) is 6.46. The lowest BCUT2D eigenvalue weighted by Crippen LogP contribution is -1.97. The SMILES string of the molecule is c1ccc(-n2nc3cc(-c4cccc(-c5cccnc5)n4)cc(-c4cccc(-c5cccnc5)n4)c3n2)cc1. The van der Waals surface area contributed by atoms with Crippen LogP contribution in [0.5, 0.6) is 0 Å². The van der Waals surface area contributed by atoms with Crippen LogP contribution in [-0.2, 0) is 0 Å². The molecule has 7 nitrogen and oxygen atoms in total. The number of aromatic nitrogens is 7. The molecule has 7 rings (SSSR count). The monoisotopic (exact) mass is 503 g/mol. The van der Waals surface area contributed by atoms with Gasteiger partial charge in [0, 0.05) is 47.0 Å². The molecule has 0 aliphatic carbocycles. The highest BCUT2D eigenvalue weighted by atomic mass is 15.5. The van der Waals surface area contributed by atoms with Crippen molar-refractivity contribution in [2.75, 3.05) is 0 Å². The number of nitrogens with zero attached hydrogens (tertiary/aromatic N) is 7. The van der Waals surface area contributed by atoms with Crippen LogP contribution in [0.15, 0.2) is 128 Å². The minimum Gasteiger partial charge on any atom is -0.264 e. The maximum atomic E-state index is 5.00. The van der Waals surface area contributed by atoms with E-state index in [1.54, 1.807) is 17.2 Å². The first-order valence-corrected chi connectivity index (χ1v) is 12.5. The first-order chi connectivity index (χ1) is 19.3. The van der Waals surface area contributed by atoms with Crippen LogP contribution < -0.4 is 0 Å². The van der Waals surface area contributed by atoms with E-state index >= 15 is 0 Å². The van der Waals surface area contributed by atoms with Gasteiger partial charge in [0.15, 0.2) is 0 Å². The van der Waals surface area contributed by atoms with Crippen molar-refractivity contribution in [1.29, 1.82) is 0 Å². The van der Waals surface area contributed by atoms with Crippen LogP contribution in [-0.4, -0.2) is 34.9 Å². The van der Waals surface area contributed by atoms with Crippen molar-refractivity contribution in [2.45, 2.75) is 0 Å². The smallest absolute Gasteiger partial charge is 0.123 e. The molecule has 0 spiro atoms. The number of pyridine rings is 4. The molecule has 0 aliphatic rings. The van der Waals surface area contributed by atoms with Crippen molar-refractivity contribution >= 4 is 11.0 Å². The van der Waals surface area contributed by atoms with Crippen molar-refractivity contribution < 1.29 is 0 Å². The van der Waals surface area contributed by atoms with Gasteiger partial charge in [0.25, 0.3) is 0 Å². The summed E-state index contributed by atoms with van der Waals surface area (Å²) in [5, 5.41) is 9.73. The summed E-state index contributed by atoms with van der Waals surface area (Å²) >= 11 is 0. The number of para-hydroxylation sites is 1. The molecule has 0 saturated heterocycles. The highest BCUT2D eigenvalue weighted by Crippen LogP contribution is 2.33. The fraction of sp³-hybridized carbons (Fsp3) is 0. The molecule has 0 N–H and O–H groups in total. The Labute approximate surface area is 224 Å². The molecule has 7 heteroatoms. The molecule has 5 heterocycles. The lowest BCUT2D eigenvalue weighted by Gasteiger charge is -2.09. The molecular weight excluding hydrogens is 482 g/mol. The lowest BCUT2D eigenvalue weighted by molar-refractivity contribution is 0.766. The molecule has 0 bridgehead atoms. The average molecular weight is 504 g/mol. The second-order valence-electron chi connectivity index (χ2n) is 9.02. The molecule has 0 saturated carbocycles. The van der Waals surface area contributed by atoms with Gasteiger partial charge >= 0.3 is 0 Å². The van der Waals surface area contributed by atoms with E-state index in [2.05, 4.69) is 16.0 Å². The Kier molecular flexibility index (Phi) is 5.64. The normalized spacial score (nSPS) is 11.1. The highest BCUT2D eigenvalue weighted by molar-refractivity contribution is 5.94. The molecule has 7 aromatic rings. The van der Waals surface area contributed by atoms with E-state index in [-0.39, 0.29) is 0 Å². The van der Waals surface area contributed by atoms with Crippen molar-refractivity contribution in [3.8, 4) is 50.7 Å². The molecule has 2 aromatic carbocycles. The summed E-state index contributed by atoms with van der Waals surface area (Å²) < 4.78 is 0. The second-order valence-corrected chi connectivity index (χ2v) is 9.02. The van der Waals surface area contributed by atoms with Crippen molar-refractivity contribution in [1.82, 2.24) is 34.9 Å². The van der Waals surface area contributed by atoms with Gasteiger partial charge in [-0.15, -0.1) is 10.2 Å². The summed E-state index contributed by atoms with van der Waals surface area (Å²) in [6, 6.07) is 33.9. The molecule has 0 aliphatic heterocycles. The maximum Gasteiger partial charge on any atom is 0.123 e. The van der Waals surface area contributed by atoms with Gasteiger partial charge < -0.3 is 0 Å². The van der Waals surface area contributed by atoms with Crippen molar-refractivity contribution in [3.05, 3.63) is 128 Å². The molecule has 0 unspecified atom stereocenters. The molecular formula is C32H21N7. The van der Waals surface area contributed by atoms with Crippen LogP contribution in [0.3, 0.4) is 0 Å². The second kappa shape index (κ2) is 9.72. The van der Waals surface area contributed by atoms with Crippen LogP contribution in [0.4, 0.5) is 0 Å². The van der Waals surface area contributed by atoms with E-state index in [4.69, 9.17) is 20.2 Å². The summed E-state index contributed by atoms with van der Waals surface area (Å²) in [4.78, 5) is 20.1. The molecule has 0 fully saturated rings. The summed E-state index contributed by atoms with van der Waals surface area (Å²) in [6.45, 7) is 0. The van der Waals surface area contributed by atoms with Crippen LogP contribution in [0.1, 0.15) is 0 Å². The topological polar surface area (TPSA) is 82.3 Å². The molecule has 184 valence electrons. The van der Waals surface area contributed by atoms with E-state index in [1.165, 1.54) is 0 Å². The van der Waals surface area contributed by atoms with E-state index in [0.29, 0.717) is 0 Å². The third kappa shape index (κ3) is 4.42. The minimum atomic E-state index is 0.758. The van der Waals surface area contributed by atoms with Gasteiger partial charge in [-0.2, -0.15) is 4.80 Å². The van der Waals surface area contributed by atoms with Crippen molar-refractivity contribution in [2.24, 2.45) is 0 Å². The Bertz CT molecular complexity index is 1900. The predicted molar refractivity (Wildman–Crippen MR) is 152 cm³/mol. The van der Waals surface area contributed by atoms with Crippen LogP contribution in [0.2, 0.25) is 0 Å². The van der Waals surface area contributed by atoms with E-state index in [1.807, 2.05) is 109 Å². The quantitative estimate of drug-likeness (QED) is 0.261. The van der Waals surface area contributed by atoms with Gasteiger partial charge in [-0.05, 0) is 72.8 Å². The van der Waals surface area contributed by atoms with E-state index in [9.17, 15) is 0 Å². The maximum absolute atomic E-state index is 5.00. The summed E-state index contributed by atoms with van der Waals surface area (Å²) in [6.07, 6.45) is 7.16. The molecule has 0 radical (unpaired) electrons. The molecule has 39 heavy (non-hydrogen) atoms. The Balaban J connectivity index is 1.42. The van der Waals surface area contributed by atoms with Crippen LogP contribution >= 0.6 is 0 Å². The molecule has 0 atom stereocenters. The zero-order valence-corrected chi connectivity index (χ0v) is 20.8. The highest BCUT2D eigenvalue weighted by Gasteiger charge is 2.16. The fourth-order valence-electron chi connectivity index (χ4n) is 4.57. The van der Waals surface area contributed by atoms with Gasteiger partial charge in [-0.1, -0.05) is 30.3 Å². The largest absolute Gasteiger partial charge is 0.264 e. The molecule has 0 amide bonds. The van der Waals surface area contributed by atoms with Gasteiger partial charge in [0.05, 0.1) is 28.5 Å². The number of benzene rings is 2. The third-order valence-electron chi connectivity index (χ3n) is 6.46. The van der Waals surface area contributed by atoms with Crippen molar-refractivity contribution in [3.63, 3.8) is 0 Å². The Hall–Kier alpha value is -5.56. The zero-order valence-electron chi connectivity index (χ0n) is 20.8. The number of fused-ring (bicyclic) bond motifs is 1. The van der Waals surface area contributed by atoms with E-state index in [0.717, 1.165) is 61.8 Å². The van der Waals surface area contributed by atoms with Gasteiger partial charge in [0.1, 0.15) is 11.0 Å². The summed E-state index contributed by atoms with van der Waals surface area (Å²) in [7, 11) is 0. The van der Waals surface area contributed by atoms with Gasteiger partial charge in [0.2, 0.25) is 0 Å². The minimum absolute atomic E-state index is 0.758. The summed E-state index contributed by atoms with van der Waals surface area (Å²) in [5.41, 5.74) is 9.44. The zero-order chi connectivity index (χ0) is 26.0. The van der Waals surface area contributed by atoms with Gasteiger partial charge in [-0.25, -0.2) is 9.97 Å². The first-order valence-electron chi connectivity index (χ1n) is 12.5. The van der Waals surface area contributed by atoms with Crippen LogP contribution in [0.25, 0.3) is 61.8 Å². The average Bonchev–Trinajstić information content (AvgIpc) is 3.47. The number of hydrogen-bond acceptors (Lipinski definition) is 6. The predicted octanol–water partition coefficient (Wildman–Crippen LogP) is 6.67.